The van der Waals surface area contributed by atoms with E-state index in [4.69, 9.17) is 0 Å². The lowest BCUT2D eigenvalue weighted by molar-refractivity contribution is 0.357. The molecule has 2 rings (SSSR count). The van der Waals surface area contributed by atoms with E-state index in [0.717, 1.165) is 18.2 Å². The van der Waals surface area contributed by atoms with Crippen molar-refractivity contribution in [3.63, 3.8) is 0 Å². The Hall–Kier alpha value is -1.09. The second-order valence-corrected chi connectivity index (χ2v) is 4.89. The van der Waals surface area contributed by atoms with Crippen molar-refractivity contribution in [3.8, 4) is 0 Å². The van der Waals surface area contributed by atoms with Gasteiger partial charge in [0.05, 0.1) is 5.69 Å². The third-order valence-electron chi connectivity index (χ3n) is 3.26. The fourth-order valence-electron chi connectivity index (χ4n) is 2.30. The molecule has 16 heavy (non-hydrogen) atoms. The summed E-state index contributed by atoms with van der Waals surface area (Å²) in [6, 6.07) is 0.531. The highest BCUT2D eigenvalue weighted by Gasteiger charge is 2.15. The summed E-state index contributed by atoms with van der Waals surface area (Å²) in [7, 11) is 1.96. The van der Waals surface area contributed by atoms with Crippen molar-refractivity contribution < 1.29 is 0 Å². The minimum absolute atomic E-state index is 0.531. The second kappa shape index (κ2) is 4.83. The van der Waals surface area contributed by atoms with E-state index in [2.05, 4.69) is 42.6 Å². The van der Waals surface area contributed by atoms with Crippen molar-refractivity contribution >= 4 is 6.08 Å². The van der Waals surface area contributed by atoms with Gasteiger partial charge in [0.25, 0.3) is 0 Å². The van der Waals surface area contributed by atoms with Crippen LogP contribution in [-0.2, 0) is 7.05 Å². The van der Waals surface area contributed by atoms with Crippen LogP contribution in [0.25, 0.3) is 6.08 Å². The molecule has 1 N–H and O–H groups in total. The normalized spacial score (nSPS) is 26.4. The molecule has 1 aromatic rings. The van der Waals surface area contributed by atoms with Gasteiger partial charge in [0, 0.05) is 24.8 Å². The van der Waals surface area contributed by atoms with Gasteiger partial charge in [-0.2, -0.15) is 5.10 Å². The first-order chi connectivity index (χ1) is 7.65. The molecule has 3 nitrogen and oxygen atoms in total. The molecule has 1 aliphatic rings. The zero-order valence-electron chi connectivity index (χ0n) is 10.4. The van der Waals surface area contributed by atoms with E-state index in [1.165, 1.54) is 18.4 Å². The van der Waals surface area contributed by atoms with Crippen LogP contribution >= 0.6 is 0 Å². The van der Waals surface area contributed by atoms with Crippen LogP contribution in [0.2, 0.25) is 0 Å². The molecule has 0 bridgehead atoms. The molecule has 1 aliphatic heterocycles. The number of piperidine rings is 1. The first kappa shape index (κ1) is 11.4. The van der Waals surface area contributed by atoms with Crippen molar-refractivity contribution in [2.45, 2.75) is 32.7 Å². The van der Waals surface area contributed by atoms with Crippen LogP contribution in [0.5, 0.6) is 0 Å². The van der Waals surface area contributed by atoms with Crippen LogP contribution < -0.4 is 5.32 Å². The van der Waals surface area contributed by atoms with E-state index in [9.17, 15) is 0 Å². The van der Waals surface area contributed by atoms with Gasteiger partial charge in [-0.25, -0.2) is 0 Å². The predicted octanol–water partition coefficient (Wildman–Crippen LogP) is 2.13. The molecule has 3 heteroatoms. The Labute approximate surface area is 97.5 Å². The molecule has 2 atom stereocenters. The molecule has 1 saturated heterocycles. The maximum atomic E-state index is 4.33. The quantitative estimate of drug-likeness (QED) is 0.826. The average Bonchev–Trinajstić information content (AvgIpc) is 2.54. The summed E-state index contributed by atoms with van der Waals surface area (Å²) in [5.74, 6) is 0.839. The summed E-state index contributed by atoms with van der Waals surface area (Å²) in [5.41, 5.74) is 2.32. The molecule has 1 fully saturated rings. The molecule has 0 aromatic carbocycles. The Bertz CT molecular complexity index is 379. The molecule has 0 aliphatic carbocycles. The van der Waals surface area contributed by atoms with Crippen LogP contribution in [0.15, 0.2) is 12.3 Å². The Morgan fingerprint density at radius 3 is 3.00 bits per heavy atom. The summed E-state index contributed by atoms with van der Waals surface area (Å²) >= 11 is 0. The largest absolute Gasteiger partial charge is 0.310 e. The Morgan fingerprint density at radius 1 is 1.56 bits per heavy atom. The number of hydrogen-bond donors (Lipinski definition) is 1. The van der Waals surface area contributed by atoms with Gasteiger partial charge >= 0.3 is 0 Å². The van der Waals surface area contributed by atoms with Gasteiger partial charge in [0.2, 0.25) is 0 Å². The smallest absolute Gasteiger partial charge is 0.0665 e. The summed E-state index contributed by atoms with van der Waals surface area (Å²) < 4.78 is 1.87. The lowest BCUT2D eigenvalue weighted by Gasteiger charge is -2.25. The fraction of sp³-hybridized carbons (Fsp3) is 0.615. The average molecular weight is 219 g/mol. The Morgan fingerprint density at radius 2 is 2.38 bits per heavy atom. The van der Waals surface area contributed by atoms with Crippen molar-refractivity contribution in [1.29, 1.82) is 0 Å². The van der Waals surface area contributed by atoms with Crippen LogP contribution in [0.3, 0.4) is 0 Å². The second-order valence-electron chi connectivity index (χ2n) is 4.89. The Balaban J connectivity index is 2.00. The topological polar surface area (TPSA) is 29.9 Å². The maximum Gasteiger partial charge on any atom is 0.0665 e. The first-order valence-corrected chi connectivity index (χ1v) is 6.07. The van der Waals surface area contributed by atoms with E-state index in [0.29, 0.717) is 6.04 Å². The van der Waals surface area contributed by atoms with E-state index < -0.39 is 0 Å². The van der Waals surface area contributed by atoms with Crippen LogP contribution in [0, 0.1) is 12.8 Å². The Kier molecular flexibility index (Phi) is 3.44. The highest BCUT2D eigenvalue weighted by Crippen LogP contribution is 2.17. The van der Waals surface area contributed by atoms with Gasteiger partial charge in [-0.1, -0.05) is 19.1 Å². The molecule has 2 unspecified atom stereocenters. The maximum absolute atomic E-state index is 4.33. The van der Waals surface area contributed by atoms with Crippen molar-refractivity contribution in [3.05, 3.63) is 23.5 Å². The van der Waals surface area contributed by atoms with Gasteiger partial charge in [0.1, 0.15) is 0 Å². The highest BCUT2D eigenvalue weighted by atomic mass is 15.2. The van der Waals surface area contributed by atoms with Crippen molar-refractivity contribution in [1.82, 2.24) is 15.1 Å². The van der Waals surface area contributed by atoms with E-state index in [-0.39, 0.29) is 0 Å². The predicted molar refractivity (Wildman–Crippen MR) is 67.2 cm³/mol. The van der Waals surface area contributed by atoms with E-state index in [1.54, 1.807) is 0 Å². The van der Waals surface area contributed by atoms with Gasteiger partial charge < -0.3 is 5.32 Å². The molecule has 0 amide bonds. The molecule has 0 saturated carbocycles. The molecule has 0 radical (unpaired) electrons. The number of nitrogens with one attached hydrogen (secondary N) is 1. The number of hydrogen-bond acceptors (Lipinski definition) is 2. The van der Waals surface area contributed by atoms with Gasteiger partial charge in [-0.15, -0.1) is 0 Å². The third-order valence-corrected chi connectivity index (χ3v) is 3.26. The zero-order chi connectivity index (χ0) is 11.5. The standard InChI is InChI=1S/C13H21N3/c1-10-6-7-14-13(8-10)5-4-12-9-16(3)15-11(12)2/h4-5,9-10,13-14H,6-8H2,1-3H3/b5-4+. The lowest BCUT2D eigenvalue weighted by Crippen LogP contribution is -2.35. The number of aromatic nitrogens is 2. The summed E-state index contributed by atoms with van der Waals surface area (Å²) in [4.78, 5) is 0. The van der Waals surface area contributed by atoms with Gasteiger partial charge in [-0.3, -0.25) is 4.68 Å². The number of aryl methyl sites for hydroxylation is 2. The number of rotatable bonds is 2. The van der Waals surface area contributed by atoms with E-state index >= 15 is 0 Å². The molecule has 2 heterocycles. The molecular formula is C13H21N3. The molecule has 88 valence electrons. The minimum Gasteiger partial charge on any atom is -0.310 e. The van der Waals surface area contributed by atoms with Crippen molar-refractivity contribution in [2.24, 2.45) is 13.0 Å². The van der Waals surface area contributed by atoms with Crippen molar-refractivity contribution in [2.75, 3.05) is 6.54 Å². The van der Waals surface area contributed by atoms with Crippen LogP contribution in [-0.4, -0.2) is 22.4 Å². The molecule has 1 aromatic heterocycles. The number of nitrogens with zero attached hydrogens (tertiary/aromatic N) is 2. The SMILES string of the molecule is Cc1nn(C)cc1/C=C/C1CC(C)CCN1. The molecule has 0 spiro atoms. The third kappa shape index (κ3) is 2.73. The minimum atomic E-state index is 0.531. The summed E-state index contributed by atoms with van der Waals surface area (Å²) in [6.07, 6.45) is 9.09. The monoisotopic (exact) mass is 219 g/mol. The zero-order valence-corrected chi connectivity index (χ0v) is 10.4. The van der Waals surface area contributed by atoms with E-state index in [1.807, 2.05) is 11.7 Å². The lowest BCUT2D eigenvalue weighted by atomic mass is 9.94. The fourth-order valence-corrected chi connectivity index (χ4v) is 2.30. The van der Waals surface area contributed by atoms with Gasteiger partial charge in [-0.05, 0) is 32.2 Å². The highest BCUT2D eigenvalue weighted by molar-refractivity contribution is 5.51. The molecular weight excluding hydrogens is 198 g/mol. The summed E-state index contributed by atoms with van der Waals surface area (Å²) in [6.45, 7) is 5.52. The van der Waals surface area contributed by atoms with Gasteiger partial charge in [0.15, 0.2) is 0 Å². The first-order valence-electron chi connectivity index (χ1n) is 6.07. The van der Waals surface area contributed by atoms with Crippen LogP contribution in [0.1, 0.15) is 31.0 Å². The summed E-state index contributed by atoms with van der Waals surface area (Å²) in [5, 5.41) is 7.87. The van der Waals surface area contributed by atoms with Crippen LogP contribution in [0.4, 0.5) is 0 Å².